The Morgan fingerprint density at radius 2 is 1.70 bits per heavy atom. The lowest BCUT2D eigenvalue weighted by molar-refractivity contribution is -0.151. The molecule has 0 unspecified atom stereocenters. The molecule has 3 amide bonds. The van der Waals surface area contributed by atoms with Gasteiger partial charge < -0.3 is 19.5 Å². The minimum atomic E-state index is -0.865. The number of benzene rings is 2. The van der Waals surface area contributed by atoms with Crippen molar-refractivity contribution in [1.82, 2.24) is 10.4 Å². The number of rotatable bonds is 8. The Bertz CT molecular complexity index is 1040. The van der Waals surface area contributed by atoms with Crippen molar-refractivity contribution in [3.8, 4) is 11.5 Å². The minimum absolute atomic E-state index is 0.0961. The Morgan fingerprint density at radius 3 is 2.30 bits per heavy atom. The van der Waals surface area contributed by atoms with Crippen LogP contribution in [0.15, 0.2) is 42.5 Å². The van der Waals surface area contributed by atoms with E-state index in [4.69, 9.17) is 14.2 Å². The number of hydrogen-bond donors (Lipinski definition) is 2. The molecule has 0 spiro atoms. The van der Waals surface area contributed by atoms with Crippen molar-refractivity contribution in [2.75, 3.05) is 32.7 Å². The lowest BCUT2D eigenvalue weighted by Crippen LogP contribution is -2.43. The van der Waals surface area contributed by atoms with Crippen LogP contribution in [0.3, 0.4) is 0 Å². The maximum Gasteiger partial charge on any atom is 0.311 e. The fourth-order valence-electron chi connectivity index (χ4n) is 3.21. The van der Waals surface area contributed by atoms with Crippen molar-refractivity contribution in [2.45, 2.75) is 6.42 Å². The number of nitrogens with zero attached hydrogens (tertiary/aromatic N) is 1. The first-order valence-electron chi connectivity index (χ1n) is 9.86. The number of esters is 1. The van der Waals surface area contributed by atoms with E-state index in [0.29, 0.717) is 5.69 Å². The second kappa shape index (κ2) is 10.4. The van der Waals surface area contributed by atoms with Crippen LogP contribution in [0.4, 0.5) is 10.1 Å². The van der Waals surface area contributed by atoms with Gasteiger partial charge in [-0.15, -0.1) is 0 Å². The summed E-state index contributed by atoms with van der Waals surface area (Å²) in [6.45, 7) is -0.702. The fourth-order valence-corrected chi connectivity index (χ4v) is 3.21. The van der Waals surface area contributed by atoms with Crippen molar-refractivity contribution in [2.24, 2.45) is 5.92 Å². The summed E-state index contributed by atoms with van der Waals surface area (Å²) >= 11 is 0. The molecule has 11 heteroatoms. The zero-order chi connectivity index (χ0) is 24.0. The van der Waals surface area contributed by atoms with E-state index in [0.717, 1.165) is 5.01 Å². The van der Waals surface area contributed by atoms with Gasteiger partial charge >= 0.3 is 5.97 Å². The number of ether oxygens (including phenoxy) is 3. The molecule has 1 heterocycles. The quantitative estimate of drug-likeness (QED) is 0.574. The standard InChI is InChI=1S/C22H22FN3O7/c1-31-16-4-3-5-17(32-2)20(16)21(29)25-26-11-13(10-19(26)28)22(30)33-12-18(27)24-15-8-6-14(23)7-9-15/h3-9,13H,10-12H2,1-2H3,(H,24,27)(H,25,29)/t13-/m0/s1. The molecule has 0 saturated carbocycles. The Morgan fingerprint density at radius 1 is 1.06 bits per heavy atom. The third kappa shape index (κ3) is 5.76. The molecular weight excluding hydrogens is 437 g/mol. The second-order valence-electron chi connectivity index (χ2n) is 7.05. The molecule has 1 aliphatic heterocycles. The lowest BCUT2D eigenvalue weighted by Gasteiger charge is -2.19. The Kier molecular flexibility index (Phi) is 7.44. The molecule has 3 rings (SSSR count). The largest absolute Gasteiger partial charge is 0.496 e. The van der Waals surface area contributed by atoms with Crippen LogP contribution >= 0.6 is 0 Å². The monoisotopic (exact) mass is 459 g/mol. The first-order valence-corrected chi connectivity index (χ1v) is 9.86. The van der Waals surface area contributed by atoms with Gasteiger partial charge in [0, 0.05) is 12.1 Å². The lowest BCUT2D eigenvalue weighted by atomic mass is 10.1. The molecule has 174 valence electrons. The number of methoxy groups -OCH3 is 2. The van der Waals surface area contributed by atoms with Gasteiger partial charge in [-0.05, 0) is 36.4 Å². The molecular formula is C22H22FN3O7. The number of hydrogen-bond acceptors (Lipinski definition) is 7. The van der Waals surface area contributed by atoms with E-state index in [1.165, 1.54) is 38.5 Å². The van der Waals surface area contributed by atoms with Crippen LogP contribution in [0.1, 0.15) is 16.8 Å². The first-order chi connectivity index (χ1) is 15.8. The van der Waals surface area contributed by atoms with Gasteiger partial charge in [0.05, 0.1) is 26.7 Å². The van der Waals surface area contributed by atoms with Crippen molar-refractivity contribution in [3.05, 3.63) is 53.8 Å². The number of carbonyl (C=O) groups is 4. The van der Waals surface area contributed by atoms with Crippen LogP contribution in [0.5, 0.6) is 11.5 Å². The van der Waals surface area contributed by atoms with E-state index in [1.807, 2.05) is 0 Å². The normalized spacial score (nSPS) is 15.1. The van der Waals surface area contributed by atoms with Crippen LogP contribution < -0.4 is 20.2 Å². The van der Waals surface area contributed by atoms with Gasteiger partial charge in [0.25, 0.3) is 11.8 Å². The molecule has 1 saturated heterocycles. The van der Waals surface area contributed by atoms with Crippen molar-refractivity contribution < 1.29 is 37.8 Å². The SMILES string of the molecule is COc1cccc(OC)c1C(=O)NN1C[C@@H](C(=O)OCC(=O)Nc2ccc(F)cc2)CC1=O. The highest BCUT2D eigenvalue weighted by molar-refractivity contribution is 6.01. The van der Waals surface area contributed by atoms with E-state index >= 15 is 0 Å². The zero-order valence-corrected chi connectivity index (χ0v) is 17.9. The van der Waals surface area contributed by atoms with Crippen molar-refractivity contribution in [3.63, 3.8) is 0 Å². The molecule has 0 bridgehead atoms. The molecule has 1 aliphatic rings. The van der Waals surface area contributed by atoms with Crippen LogP contribution in [0.2, 0.25) is 0 Å². The topological polar surface area (TPSA) is 123 Å². The van der Waals surface area contributed by atoms with E-state index < -0.39 is 42.0 Å². The van der Waals surface area contributed by atoms with Crippen LogP contribution in [-0.4, -0.2) is 56.1 Å². The van der Waals surface area contributed by atoms with Gasteiger partial charge in [0.15, 0.2) is 6.61 Å². The number of amides is 3. The smallest absolute Gasteiger partial charge is 0.311 e. The Balaban J connectivity index is 1.54. The minimum Gasteiger partial charge on any atom is -0.496 e. The van der Waals surface area contributed by atoms with E-state index in [1.54, 1.807) is 18.2 Å². The Hall–Kier alpha value is -4.15. The van der Waals surface area contributed by atoms with E-state index in [2.05, 4.69) is 10.7 Å². The number of hydrazine groups is 1. The summed E-state index contributed by atoms with van der Waals surface area (Å²) in [7, 11) is 2.79. The molecule has 33 heavy (non-hydrogen) atoms. The fraction of sp³-hybridized carbons (Fsp3) is 0.273. The maximum absolute atomic E-state index is 12.9. The summed E-state index contributed by atoms with van der Waals surface area (Å²) in [5.74, 6) is -3.33. The predicted octanol–water partition coefficient (Wildman–Crippen LogP) is 1.52. The predicted molar refractivity (Wildman–Crippen MR) is 113 cm³/mol. The molecule has 1 fully saturated rings. The highest BCUT2D eigenvalue weighted by Gasteiger charge is 2.37. The summed E-state index contributed by atoms with van der Waals surface area (Å²) in [6, 6.07) is 9.86. The van der Waals surface area contributed by atoms with Crippen molar-refractivity contribution >= 4 is 29.4 Å². The summed E-state index contributed by atoms with van der Waals surface area (Å²) in [5, 5.41) is 3.47. The summed E-state index contributed by atoms with van der Waals surface area (Å²) < 4.78 is 28.3. The zero-order valence-electron chi connectivity index (χ0n) is 17.9. The molecule has 2 aromatic rings. The second-order valence-corrected chi connectivity index (χ2v) is 7.05. The van der Waals surface area contributed by atoms with Gasteiger partial charge in [0.2, 0.25) is 5.91 Å². The van der Waals surface area contributed by atoms with Crippen LogP contribution in [-0.2, 0) is 19.1 Å². The molecule has 0 aromatic heterocycles. The highest BCUT2D eigenvalue weighted by Crippen LogP contribution is 2.28. The van der Waals surface area contributed by atoms with Gasteiger partial charge in [-0.3, -0.25) is 29.6 Å². The van der Waals surface area contributed by atoms with Crippen molar-refractivity contribution in [1.29, 1.82) is 0 Å². The molecule has 2 aromatic carbocycles. The summed E-state index contributed by atoms with van der Waals surface area (Å²) in [6.07, 6.45) is -0.193. The molecule has 10 nitrogen and oxygen atoms in total. The van der Waals surface area contributed by atoms with Gasteiger partial charge in [-0.25, -0.2) is 4.39 Å². The molecule has 2 N–H and O–H groups in total. The van der Waals surface area contributed by atoms with Crippen LogP contribution in [0, 0.1) is 11.7 Å². The number of nitrogens with one attached hydrogen (secondary N) is 2. The highest BCUT2D eigenvalue weighted by atomic mass is 19.1. The van der Waals surface area contributed by atoms with Crippen LogP contribution in [0.25, 0.3) is 0 Å². The molecule has 0 radical (unpaired) electrons. The van der Waals surface area contributed by atoms with Gasteiger partial charge in [-0.1, -0.05) is 6.07 Å². The van der Waals surface area contributed by atoms with E-state index in [9.17, 15) is 23.6 Å². The Labute approximate surface area is 188 Å². The summed E-state index contributed by atoms with van der Waals surface area (Å²) in [5.41, 5.74) is 2.89. The number of halogens is 1. The average molecular weight is 459 g/mol. The molecule has 1 atom stereocenters. The van der Waals surface area contributed by atoms with Gasteiger partial charge in [-0.2, -0.15) is 0 Å². The number of anilines is 1. The van der Waals surface area contributed by atoms with E-state index in [-0.39, 0.29) is 30.0 Å². The third-order valence-corrected chi connectivity index (χ3v) is 4.82. The van der Waals surface area contributed by atoms with Gasteiger partial charge in [0.1, 0.15) is 22.9 Å². The average Bonchev–Trinajstić information content (AvgIpc) is 3.18. The third-order valence-electron chi connectivity index (χ3n) is 4.82. The maximum atomic E-state index is 12.9. The molecule has 0 aliphatic carbocycles. The first kappa shape index (κ1) is 23.5. The summed E-state index contributed by atoms with van der Waals surface area (Å²) in [4.78, 5) is 49.3. The number of carbonyl (C=O) groups excluding carboxylic acids is 4.